The predicted octanol–water partition coefficient (Wildman–Crippen LogP) is 5.85. The van der Waals surface area contributed by atoms with Gasteiger partial charge in [-0.25, -0.2) is 0 Å². The summed E-state index contributed by atoms with van der Waals surface area (Å²) in [5.74, 6) is 2.76. The molecule has 1 nitrogen and oxygen atoms in total. The first kappa shape index (κ1) is 18.3. The Bertz CT molecular complexity index is 441. The van der Waals surface area contributed by atoms with Crippen LogP contribution in [0.5, 0.6) is 0 Å². The SMILES string of the molecule is C#CCC1=C(C)[C@@H](O[Si](C(C)C)(C(C)C)C(C)C)CC1=C. The molecule has 0 aromatic rings. The fourth-order valence-corrected chi connectivity index (χ4v) is 9.69. The van der Waals surface area contributed by atoms with Crippen LogP contribution in [-0.4, -0.2) is 14.4 Å². The molecule has 0 saturated heterocycles. The highest BCUT2D eigenvalue weighted by Crippen LogP contribution is 2.46. The molecule has 0 aliphatic heterocycles. The van der Waals surface area contributed by atoms with Crippen molar-refractivity contribution in [3.05, 3.63) is 23.3 Å². The third-order valence-electron chi connectivity index (χ3n) is 5.15. The van der Waals surface area contributed by atoms with Gasteiger partial charge in [-0.1, -0.05) is 48.1 Å². The molecule has 0 heterocycles. The minimum absolute atomic E-state index is 0.194. The summed E-state index contributed by atoms with van der Waals surface area (Å²) in [6, 6.07) is 0. The molecule has 1 aliphatic carbocycles. The van der Waals surface area contributed by atoms with E-state index in [0.717, 1.165) is 6.42 Å². The summed E-state index contributed by atoms with van der Waals surface area (Å²) in [6.07, 6.45) is 7.29. The number of hydrogen-bond donors (Lipinski definition) is 0. The normalized spacial score (nSPS) is 20.0. The van der Waals surface area contributed by atoms with Crippen LogP contribution < -0.4 is 0 Å². The van der Waals surface area contributed by atoms with Crippen LogP contribution in [-0.2, 0) is 4.43 Å². The Morgan fingerprint density at radius 2 is 1.67 bits per heavy atom. The molecule has 0 fully saturated rings. The van der Waals surface area contributed by atoms with Crippen molar-refractivity contribution in [2.24, 2.45) is 0 Å². The van der Waals surface area contributed by atoms with Crippen molar-refractivity contribution in [1.82, 2.24) is 0 Å². The second-order valence-corrected chi connectivity index (χ2v) is 12.7. The van der Waals surface area contributed by atoms with Gasteiger partial charge in [-0.2, -0.15) is 0 Å². The first-order chi connectivity index (χ1) is 9.68. The number of hydrogen-bond acceptors (Lipinski definition) is 1. The lowest BCUT2D eigenvalue weighted by atomic mass is 10.1. The molecule has 21 heavy (non-hydrogen) atoms. The maximum absolute atomic E-state index is 6.89. The Morgan fingerprint density at radius 3 is 2.05 bits per heavy atom. The Hall–Kier alpha value is -0.783. The van der Waals surface area contributed by atoms with E-state index < -0.39 is 8.32 Å². The average molecular weight is 305 g/mol. The van der Waals surface area contributed by atoms with E-state index in [1.165, 1.54) is 16.7 Å². The van der Waals surface area contributed by atoms with Crippen LogP contribution in [0.1, 0.15) is 61.3 Å². The highest BCUT2D eigenvalue weighted by Gasteiger charge is 2.47. The summed E-state index contributed by atoms with van der Waals surface area (Å²) in [7, 11) is -1.84. The van der Waals surface area contributed by atoms with E-state index in [-0.39, 0.29) is 6.10 Å². The Balaban J connectivity index is 3.13. The third-order valence-corrected chi connectivity index (χ3v) is 11.3. The van der Waals surface area contributed by atoms with Crippen molar-refractivity contribution < 1.29 is 4.43 Å². The minimum atomic E-state index is -1.84. The van der Waals surface area contributed by atoms with E-state index in [9.17, 15) is 0 Å². The predicted molar refractivity (Wildman–Crippen MR) is 95.8 cm³/mol. The van der Waals surface area contributed by atoms with Crippen molar-refractivity contribution in [1.29, 1.82) is 0 Å². The molecule has 0 N–H and O–H groups in total. The van der Waals surface area contributed by atoms with E-state index in [4.69, 9.17) is 10.8 Å². The van der Waals surface area contributed by atoms with Gasteiger partial charge in [0.05, 0.1) is 6.10 Å². The molecule has 0 radical (unpaired) electrons. The molecule has 0 saturated carbocycles. The highest BCUT2D eigenvalue weighted by molar-refractivity contribution is 6.77. The van der Waals surface area contributed by atoms with Gasteiger partial charge in [-0.3, -0.25) is 0 Å². The van der Waals surface area contributed by atoms with Crippen molar-refractivity contribution in [2.45, 2.75) is 84.0 Å². The monoisotopic (exact) mass is 304 g/mol. The number of allylic oxidation sites excluding steroid dienone is 1. The van der Waals surface area contributed by atoms with E-state index in [1.807, 2.05) is 0 Å². The molecular formula is C19H32OSi. The second-order valence-electron chi connectivity index (χ2n) is 7.27. The Labute approximate surface area is 133 Å². The lowest BCUT2D eigenvalue weighted by Gasteiger charge is -2.44. The molecule has 1 atom stereocenters. The van der Waals surface area contributed by atoms with Gasteiger partial charge >= 0.3 is 0 Å². The second kappa shape index (κ2) is 6.98. The van der Waals surface area contributed by atoms with Crippen molar-refractivity contribution in [3.8, 4) is 12.3 Å². The van der Waals surface area contributed by atoms with Gasteiger partial charge in [0.2, 0.25) is 8.32 Å². The Kier molecular flexibility index (Phi) is 6.08. The quantitative estimate of drug-likeness (QED) is 0.442. The molecule has 0 spiro atoms. The molecule has 1 rings (SSSR count). The molecule has 0 aromatic heterocycles. The van der Waals surface area contributed by atoms with Crippen LogP contribution in [0, 0.1) is 12.3 Å². The average Bonchev–Trinajstić information content (AvgIpc) is 2.62. The fourth-order valence-electron chi connectivity index (χ4n) is 4.12. The van der Waals surface area contributed by atoms with E-state index in [0.29, 0.717) is 23.0 Å². The zero-order valence-corrected chi connectivity index (χ0v) is 15.9. The highest BCUT2D eigenvalue weighted by atomic mass is 28.4. The largest absolute Gasteiger partial charge is 0.409 e. The zero-order valence-electron chi connectivity index (χ0n) is 14.9. The van der Waals surface area contributed by atoms with E-state index in [1.54, 1.807) is 0 Å². The van der Waals surface area contributed by atoms with Crippen LogP contribution in [0.3, 0.4) is 0 Å². The minimum Gasteiger partial charge on any atom is -0.409 e. The van der Waals surface area contributed by atoms with Crippen molar-refractivity contribution in [2.75, 3.05) is 0 Å². The van der Waals surface area contributed by atoms with Crippen molar-refractivity contribution in [3.63, 3.8) is 0 Å². The van der Waals surface area contributed by atoms with E-state index >= 15 is 0 Å². The Morgan fingerprint density at radius 1 is 1.19 bits per heavy atom. The summed E-state index contributed by atoms with van der Waals surface area (Å²) in [5.41, 5.74) is 5.56. The van der Waals surface area contributed by atoms with Crippen LogP contribution in [0.2, 0.25) is 16.6 Å². The molecule has 0 unspecified atom stereocenters. The molecule has 118 valence electrons. The molecular weight excluding hydrogens is 272 g/mol. The molecule has 1 aliphatic rings. The van der Waals surface area contributed by atoms with Crippen LogP contribution in [0.25, 0.3) is 0 Å². The smallest absolute Gasteiger partial charge is 0.201 e. The summed E-state index contributed by atoms with van der Waals surface area (Å²) in [4.78, 5) is 0. The maximum Gasteiger partial charge on any atom is 0.201 e. The van der Waals surface area contributed by atoms with Gasteiger partial charge < -0.3 is 4.43 Å². The van der Waals surface area contributed by atoms with Crippen LogP contribution in [0.15, 0.2) is 23.3 Å². The van der Waals surface area contributed by atoms with Crippen LogP contribution >= 0.6 is 0 Å². The topological polar surface area (TPSA) is 9.23 Å². The zero-order chi connectivity index (χ0) is 16.4. The van der Waals surface area contributed by atoms with Gasteiger partial charge in [0.1, 0.15) is 0 Å². The van der Waals surface area contributed by atoms with Gasteiger partial charge in [-0.15, -0.1) is 12.3 Å². The molecule has 0 bridgehead atoms. The molecule has 0 amide bonds. The van der Waals surface area contributed by atoms with Crippen molar-refractivity contribution >= 4 is 8.32 Å². The van der Waals surface area contributed by atoms with Crippen LogP contribution in [0.4, 0.5) is 0 Å². The van der Waals surface area contributed by atoms with E-state index in [2.05, 4.69) is 61.0 Å². The summed E-state index contributed by atoms with van der Waals surface area (Å²) >= 11 is 0. The number of rotatable bonds is 6. The summed E-state index contributed by atoms with van der Waals surface area (Å²) < 4.78 is 6.89. The maximum atomic E-state index is 6.89. The van der Waals surface area contributed by atoms with Gasteiger partial charge in [0.15, 0.2) is 0 Å². The first-order valence-corrected chi connectivity index (χ1v) is 10.3. The third kappa shape index (κ3) is 3.35. The summed E-state index contributed by atoms with van der Waals surface area (Å²) in [5, 5.41) is 0. The molecule has 2 heteroatoms. The van der Waals surface area contributed by atoms with Gasteiger partial charge in [-0.05, 0) is 40.3 Å². The first-order valence-electron chi connectivity index (χ1n) is 8.17. The molecule has 0 aromatic carbocycles. The standard InChI is InChI=1S/C19H32OSi/c1-10-11-18-16(8)12-19(17(18)9)20-21(13(2)3,14(4)5)15(6)7/h1,13-15,19H,8,11-12H2,2-7,9H3/t19-/m0/s1. The lowest BCUT2D eigenvalue weighted by Crippen LogP contribution is -2.50. The summed E-state index contributed by atoms with van der Waals surface area (Å²) in [6.45, 7) is 20.4. The fraction of sp³-hybridized carbons (Fsp3) is 0.684. The number of terminal acetylenes is 1. The van der Waals surface area contributed by atoms with Gasteiger partial charge in [0.25, 0.3) is 0 Å². The van der Waals surface area contributed by atoms with Gasteiger partial charge in [0, 0.05) is 12.8 Å². The lowest BCUT2D eigenvalue weighted by molar-refractivity contribution is 0.212.